The number of hydrogen-bond donors (Lipinski definition) is 2. The Bertz CT molecular complexity index is 950. The Hall–Kier alpha value is -2.69. The van der Waals surface area contributed by atoms with E-state index in [-0.39, 0.29) is 29.7 Å². The molecule has 3 rings (SSSR count). The maximum atomic E-state index is 12.6. The first kappa shape index (κ1) is 24.6. The van der Waals surface area contributed by atoms with E-state index in [1.54, 1.807) is 24.4 Å². The molecular formula is C22H26F2IN5O. The molecule has 9 heteroatoms. The molecule has 0 atom stereocenters. The zero-order chi connectivity index (χ0) is 21.2. The van der Waals surface area contributed by atoms with Crippen molar-refractivity contribution in [3.63, 3.8) is 0 Å². The van der Waals surface area contributed by atoms with Gasteiger partial charge in [0.05, 0.1) is 19.3 Å². The Morgan fingerprint density at radius 3 is 2.55 bits per heavy atom. The average Bonchev–Trinajstić information content (AvgIpc) is 3.18. The summed E-state index contributed by atoms with van der Waals surface area (Å²) in [5.41, 5.74) is 2.78. The summed E-state index contributed by atoms with van der Waals surface area (Å²) < 4.78 is 31.6. The molecule has 0 saturated carbocycles. The molecule has 166 valence electrons. The van der Waals surface area contributed by atoms with Crippen molar-refractivity contribution in [2.45, 2.75) is 33.2 Å². The summed E-state index contributed by atoms with van der Waals surface area (Å²) in [6.07, 6.45) is 3.76. The Labute approximate surface area is 197 Å². The van der Waals surface area contributed by atoms with Crippen LogP contribution in [0.15, 0.2) is 72.0 Å². The van der Waals surface area contributed by atoms with Crippen LogP contribution in [-0.4, -0.2) is 28.9 Å². The van der Waals surface area contributed by atoms with Crippen molar-refractivity contribution in [1.82, 2.24) is 20.4 Å². The third-order valence-corrected chi connectivity index (χ3v) is 4.27. The molecule has 0 aliphatic heterocycles. The highest BCUT2D eigenvalue weighted by molar-refractivity contribution is 14.0. The summed E-state index contributed by atoms with van der Waals surface area (Å²) in [4.78, 5) is 4.56. The van der Waals surface area contributed by atoms with Crippen LogP contribution in [0.3, 0.4) is 0 Å². The predicted octanol–water partition coefficient (Wildman–Crippen LogP) is 4.41. The van der Waals surface area contributed by atoms with E-state index in [4.69, 9.17) is 0 Å². The second-order valence-electron chi connectivity index (χ2n) is 6.57. The Kier molecular flexibility index (Phi) is 10.2. The minimum absolute atomic E-state index is 0. The van der Waals surface area contributed by atoms with Gasteiger partial charge in [-0.1, -0.05) is 48.5 Å². The number of halogens is 3. The molecule has 0 aliphatic carbocycles. The minimum atomic E-state index is -2.86. The van der Waals surface area contributed by atoms with Crippen LogP contribution in [0.25, 0.3) is 0 Å². The van der Waals surface area contributed by atoms with Crippen LogP contribution < -0.4 is 15.4 Å². The highest BCUT2D eigenvalue weighted by atomic mass is 127. The second-order valence-corrected chi connectivity index (χ2v) is 6.57. The number of aliphatic imine (C=N–C) groups is 1. The molecule has 2 aromatic carbocycles. The Morgan fingerprint density at radius 1 is 1.06 bits per heavy atom. The van der Waals surface area contributed by atoms with Gasteiger partial charge in [-0.3, -0.25) is 4.68 Å². The van der Waals surface area contributed by atoms with E-state index >= 15 is 0 Å². The second kappa shape index (κ2) is 12.9. The van der Waals surface area contributed by atoms with Gasteiger partial charge in [0.1, 0.15) is 5.75 Å². The lowest BCUT2D eigenvalue weighted by Crippen LogP contribution is -2.36. The van der Waals surface area contributed by atoms with E-state index in [2.05, 4.69) is 37.6 Å². The van der Waals surface area contributed by atoms with E-state index in [1.165, 1.54) is 11.6 Å². The molecule has 1 aromatic heterocycles. The Balaban J connectivity index is 0.00000341. The van der Waals surface area contributed by atoms with Gasteiger partial charge >= 0.3 is 6.61 Å². The van der Waals surface area contributed by atoms with Gasteiger partial charge in [-0.2, -0.15) is 13.9 Å². The fourth-order valence-electron chi connectivity index (χ4n) is 2.90. The van der Waals surface area contributed by atoms with Gasteiger partial charge in [0.15, 0.2) is 5.96 Å². The molecule has 0 spiro atoms. The molecule has 6 nitrogen and oxygen atoms in total. The van der Waals surface area contributed by atoms with Gasteiger partial charge in [0.2, 0.25) is 0 Å². The summed E-state index contributed by atoms with van der Waals surface area (Å²) in [6.45, 7) is 1.22. The van der Waals surface area contributed by atoms with Crippen molar-refractivity contribution in [2.24, 2.45) is 4.99 Å². The van der Waals surface area contributed by atoms with Crippen molar-refractivity contribution in [3.8, 4) is 5.75 Å². The van der Waals surface area contributed by atoms with E-state index < -0.39 is 6.61 Å². The number of rotatable bonds is 9. The SMILES string of the molecule is CCNC(=NCc1cnn(Cc2ccccc2)c1)NCc1ccccc1OC(F)F.I. The van der Waals surface area contributed by atoms with Crippen LogP contribution in [0, 0.1) is 0 Å². The smallest absolute Gasteiger partial charge is 0.387 e. The number of hydrogen-bond acceptors (Lipinski definition) is 3. The summed E-state index contributed by atoms with van der Waals surface area (Å²) >= 11 is 0. The monoisotopic (exact) mass is 541 g/mol. The first-order valence-corrected chi connectivity index (χ1v) is 9.74. The molecule has 0 radical (unpaired) electrons. The zero-order valence-electron chi connectivity index (χ0n) is 17.2. The van der Waals surface area contributed by atoms with Crippen LogP contribution in [0.4, 0.5) is 8.78 Å². The molecule has 0 unspecified atom stereocenters. The lowest BCUT2D eigenvalue weighted by atomic mass is 10.2. The van der Waals surface area contributed by atoms with Crippen molar-refractivity contribution in [3.05, 3.63) is 83.7 Å². The highest BCUT2D eigenvalue weighted by Crippen LogP contribution is 2.19. The largest absolute Gasteiger partial charge is 0.434 e. The molecule has 1 heterocycles. The summed E-state index contributed by atoms with van der Waals surface area (Å²) in [6, 6.07) is 16.8. The third kappa shape index (κ3) is 8.16. The van der Waals surface area contributed by atoms with Crippen LogP contribution >= 0.6 is 24.0 Å². The van der Waals surface area contributed by atoms with Gasteiger partial charge in [-0.05, 0) is 18.6 Å². The van der Waals surface area contributed by atoms with E-state index in [1.807, 2.05) is 36.0 Å². The number of para-hydroxylation sites is 1. The Morgan fingerprint density at radius 2 is 1.81 bits per heavy atom. The zero-order valence-corrected chi connectivity index (χ0v) is 19.5. The number of nitrogens with zero attached hydrogens (tertiary/aromatic N) is 3. The molecule has 31 heavy (non-hydrogen) atoms. The van der Waals surface area contributed by atoms with Gasteiger partial charge in [0, 0.05) is 30.4 Å². The summed E-state index contributed by atoms with van der Waals surface area (Å²) in [7, 11) is 0. The van der Waals surface area contributed by atoms with E-state index in [9.17, 15) is 8.78 Å². The lowest BCUT2D eigenvalue weighted by Gasteiger charge is -2.14. The number of guanidine groups is 1. The molecule has 0 fully saturated rings. The van der Waals surface area contributed by atoms with Crippen LogP contribution in [-0.2, 0) is 19.6 Å². The average molecular weight is 541 g/mol. The minimum Gasteiger partial charge on any atom is -0.434 e. The van der Waals surface area contributed by atoms with Gasteiger partial charge in [-0.15, -0.1) is 24.0 Å². The molecule has 2 N–H and O–H groups in total. The van der Waals surface area contributed by atoms with Gasteiger partial charge in [-0.25, -0.2) is 4.99 Å². The van der Waals surface area contributed by atoms with Gasteiger partial charge in [0.25, 0.3) is 0 Å². The third-order valence-electron chi connectivity index (χ3n) is 4.27. The molecule has 0 amide bonds. The predicted molar refractivity (Wildman–Crippen MR) is 128 cm³/mol. The quantitative estimate of drug-likeness (QED) is 0.240. The maximum Gasteiger partial charge on any atom is 0.387 e. The number of aromatic nitrogens is 2. The molecule has 3 aromatic rings. The summed E-state index contributed by atoms with van der Waals surface area (Å²) in [5, 5.41) is 10.7. The van der Waals surface area contributed by atoms with E-state index in [0.29, 0.717) is 37.7 Å². The lowest BCUT2D eigenvalue weighted by molar-refractivity contribution is -0.0504. The van der Waals surface area contributed by atoms with Crippen molar-refractivity contribution < 1.29 is 13.5 Å². The van der Waals surface area contributed by atoms with Crippen molar-refractivity contribution in [2.75, 3.05) is 6.54 Å². The highest BCUT2D eigenvalue weighted by Gasteiger charge is 2.09. The molecule has 0 bridgehead atoms. The fraction of sp³-hybridized carbons (Fsp3) is 0.273. The van der Waals surface area contributed by atoms with Crippen LogP contribution in [0.5, 0.6) is 5.75 Å². The number of ether oxygens (including phenoxy) is 1. The standard InChI is InChI=1S/C22H25F2N5O.HI/c1-2-25-22(27-14-19-10-6-7-11-20(19)30-21(23)24)26-12-18-13-28-29(16-18)15-17-8-4-3-5-9-17;/h3-11,13,16,21H,2,12,14-15H2,1H3,(H2,25,26,27);1H. The van der Waals surface area contributed by atoms with Gasteiger partial charge < -0.3 is 15.4 Å². The fourth-order valence-corrected chi connectivity index (χ4v) is 2.90. The van der Waals surface area contributed by atoms with Crippen molar-refractivity contribution in [1.29, 1.82) is 0 Å². The molecule has 0 saturated heterocycles. The number of nitrogens with one attached hydrogen (secondary N) is 2. The van der Waals surface area contributed by atoms with Crippen molar-refractivity contribution >= 4 is 29.9 Å². The molecule has 0 aliphatic rings. The molecular weight excluding hydrogens is 515 g/mol. The van der Waals surface area contributed by atoms with Crippen LogP contribution in [0.1, 0.15) is 23.6 Å². The topological polar surface area (TPSA) is 63.5 Å². The first-order valence-electron chi connectivity index (χ1n) is 9.74. The van der Waals surface area contributed by atoms with E-state index in [0.717, 1.165) is 5.56 Å². The number of benzene rings is 2. The number of alkyl halides is 2. The first-order chi connectivity index (χ1) is 14.6. The maximum absolute atomic E-state index is 12.6. The summed E-state index contributed by atoms with van der Waals surface area (Å²) in [5.74, 6) is 0.734. The normalized spacial score (nSPS) is 11.2. The van der Waals surface area contributed by atoms with Crippen LogP contribution in [0.2, 0.25) is 0 Å².